The highest BCUT2D eigenvalue weighted by Crippen LogP contribution is 2.01. The lowest BCUT2D eigenvalue weighted by Crippen LogP contribution is -2.42. The van der Waals surface area contributed by atoms with E-state index in [0.29, 0.717) is 5.82 Å². The van der Waals surface area contributed by atoms with E-state index in [2.05, 4.69) is 20.8 Å². The molecule has 4 N–H and O–H groups in total. The highest BCUT2D eigenvalue weighted by Gasteiger charge is 2.14. The zero-order valence-corrected chi connectivity index (χ0v) is 9.73. The fraction of sp³-hybridized carbons (Fsp3) is 0.400. The molecule has 1 unspecified atom stereocenters. The minimum atomic E-state index is -0.738. The molecule has 17 heavy (non-hydrogen) atoms. The molecule has 7 nitrogen and oxygen atoms in total. The van der Waals surface area contributed by atoms with Gasteiger partial charge in [0.15, 0.2) is 5.69 Å². The van der Waals surface area contributed by atoms with Crippen LogP contribution in [0.25, 0.3) is 0 Å². The van der Waals surface area contributed by atoms with Gasteiger partial charge in [-0.3, -0.25) is 9.59 Å². The number of nitrogens with two attached hydrogens (primary N) is 1. The van der Waals surface area contributed by atoms with Crippen LogP contribution in [0.5, 0.6) is 0 Å². The topological polar surface area (TPSA) is 110 Å². The van der Waals surface area contributed by atoms with Crippen molar-refractivity contribution in [1.82, 2.24) is 15.5 Å². The minimum absolute atomic E-state index is 0.139. The lowest BCUT2D eigenvalue weighted by atomic mass is 10.3. The van der Waals surface area contributed by atoms with Crippen LogP contribution < -0.4 is 16.4 Å². The SMILES string of the molecule is CCNc1ccc(C(=O)NC(C)C(N)=O)nn1. The summed E-state index contributed by atoms with van der Waals surface area (Å²) in [5.41, 5.74) is 5.16. The molecule has 92 valence electrons. The van der Waals surface area contributed by atoms with Crippen molar-refractivity contribution in [1.29, 1.82) is 0 Å². The molecule has 0 aromatic carbocycles. The van der Waals surface area contributed by atoms with Gasteiger partial charge in [-0.25, -0.2) is 0 Å². The second kappa shape index (κ2) is 5.78. The number of nitrogens with zero attached hydrogens (tertiary/aromatic N) is 2. The quantitative estimate of drug-likeness (QED) is 0.640. The van der Waals surface area contributed by atoms with Gasteiger partial charge in [0, 0.05) is 6.54 Å². The maximum absolute atomic E-state index is 11.6. The molecular weight excluding hydrogens is 222 g/mol. The summed E-state index contributed by atoms with van der Waals surface area (Å²) in [5.74, 6) is -0.491. The van der Waals surface area contributed by atoms with Gasteiger partial charge in [0.25, 0.3) is 5.91 Å². The third-order valence-corrected chi connectivity index (χ3v) is 2.03. The lowest BCUT2D eigenvalue weighted by molar-refractivity contribution is -0.119. The largest absolute Gasteiger partial charge is 0.369 e. The molecule has 0 aliphatic rings. The van der Waals surface area contributed by atoms with Crippen molar-refractivity contribution in [2.45, 2.75) is 19.9 Å². The molecule has 1 rings (SSSR count). The molecule has 0 fully saturated rings. The van der Waals surface area contributed by atoms with Crippen molar-refractivity contribution >= 4 is 17.6 Å². The van der Waals surface area contributed by atoms with E-state index in [1.807, 2.05) is 6.92 Å². The van der Waals surface area contributed by atoms with Gasteiger partial charge in [-0.15, -0.1) is 10.2 Å². The van der Waals surface area contributed by atoms with Crippen molar-refractivity contribution in [3.05, 3.63) is 17.8 Å². The van der Waals surface area contributed by atoms with Crippen LogP contribution in [0.15, 0.2) is 12.1 Å². The first-order chi connectivity index (χ1) is 8.04. The lowest BCUT2D eigenvalue weighted by Gasteiger charge is -2.09. The molecule has 1 aromatic heterocycles. The van der Waals surface area contributed by atoms with Crippen molar-refractivity contribution in [2.75, 3.05) is 11.9 Å². The van der Waals surface area contributed by atoms with Crippen molar-refractivity contribution in [3.63, 3.8) is 0 Å². The summed E-state index contributed by atoms with van der Waals surface area (Å²) in [4.78, 5) is 22.4. The smallest absolute Gasteiger partial charge is 0.272 e. The summed E-state index contributed by atoms with van der Waals surface area (Å²) in [6.45, 7) is 4.15. The van der Waals surface area contributed by atoms with Crippen LogP contribution in [0.2, 0.25) is 0 Å². The van der Waals surface area contributed by atoms with E-state index in [1.54, 1.807) is 6.07 Å². The highest BCUT2D eigenvalue weighted by atomic mass is 16.2. The summed E-state index contributed by atoms with van der Waals surface area (Å²) in [6, 6.07) is 2.42. The molecule has 0 saturated heterocycles. The maximum atomic E-state index is 11.6. The fourth-order valence-electron chi connectivity index (χ4n) is 1.07. The molecule has 0 saturated carbocycles. The highest BCUT2D eigenvalue weighted by molar-refractivity contribution is 5.95. The molecule has 7 heteroatoms. The average molecular weight is 237 g/mol. The summed E-state index contributed by atoms with van der Waals surface area (Å²) < 4.78 is 0. The zero-order valence-electron chi connectivity index (χ0n) is 9.73. The first kappa shape index (κ1) is 12.9. The maximum Gasteiger partial charge on any atom is 0.272 e. The Bertz CT molecular complexity index is 404. The Balaban J connectivity index is 2.66. The number of amides is 2. The van der Waals surface area contributed by atoms with Gasteiger partial charge in [0.05, 0.1) is 0 Å². The van der Waals surface area contributed by atoms with Gasteiger partial charge in [-0.2, -0.15) is 0 Å². The third-order valence-electron chi connectivity index (χ3n) is 2.03. The van der Waals surface area contributed by atoms with Gasteiger partial charge >= 0.3 is 0 Å². The van der Waals surface area contributed by atoms with Gasteiger partial charge < -0.3 is 16.4 Å². The summed E-state index contributed by atoms with van der Waals surface area (Å²) in [6.07, 6.45) is 0. The van der Waals surface area contributed by atoms with E-state index < -0.39 is 17.9 Å². The van der Waals surface area contributed by atoms with Gasteiger partial charge in [-0.1, -0.05) is 0 Å². The summed E-state index contributed by atoms with van der Waals surface area (Å²) in [5, 5.41) is 12.9. The Kier molecular flexibility index (Phi) is 4.38. The number of hydrogen-bond acceptors (Lipinski definition) is 5. The monoisotopic (exact) mass is 237 g/mol. The fourth-order valence-corrected chi connectivity index (χ4v) is 1.07. The van der Waals surface area contributed by atoms with E-state index in [4.69, 9.17) is 5.73 Å². The molecule has 0 aliphatic carbocycles. The van der Waals surface area contributed by atoms with Crippen LogP contribution in [0.1, 0.15) is 24.3 Å². The van der Waals surface area contributed by atoms with Crippen LogP contribution in [0, 0.1) is 0 Å². The number of carbonyl (C=O) groups excluding carboxylic acids is 2. The second-order valence-corrected chi connectivity index (χ2v) is 3.43. The third kappa shape index (κ3) is 3.71. The van der Waals surface area contributed by atoms with Crippen molar-refractivity contribution < 1.29 is 9.59 Å². The molecule has 1 atom stereocenters. The molecule has 1 aromatic rings. The number of rotatable bonds is 5. The minimum Gasteiger partial charge on any atom is -0.369 e. The van der Waals surface area contributed by atoms with Crippen LogP contribution in [0.4, 0.5) is 5.82 Å². The zero-order chi connectivity index (χ0) is 12.8. The van der Waals surface area contributed by atoms with E-state index >= 15 is 0 Å². The molecule has 0 radical (unpaired) electrons. The molecule has 0 bridgehead atoms. The second-order valence-electron chi connectivity index (χ2n) is 3.43. The van der Waals surface area contributed by atoms with Crippen molar-refractivity contribution in [2.24, 2.45) is 5.73 Å². The van der Waals surface area contributed by atoms with Gasteiger partial charge in [-0.05, 0) is 26.0 Å². The van der Waals surface area contributed by atoms with E-state index in [9.17, 15) is 9.59 Å². The summed E-state index contributed by atoms with van der Waals surface area (Å²) in [7, 11) is 0. The first-order valence-electron chi connectivity index (χ1n) is 5.22. The number of primary amides is 1. The van der Waals surface area contributed by atoms with Crippen LogP contribution in [-0.2, 0) is 4.79 Å². The van der Waals surface area contributed by atoms with Gasteiger partial charge in [0.2, 0.25) is 5.91 Å². The Hall–Kier alpha value is -2.18. The number of carbonyl (C=O) groups is 2. The van der Waals surface area contributed by atoms with Crippen LogP contribution >= 0.6 is 0 Å². The predicted molar refractivity (Wildman–Crippen MR) is 62.3 cm³/mol. The standard InChI is InChI=1S/C10H15N5O2/c1-3-12-8-5-4-7(14-15-8)10(17)13-6(2)9(11)16/h4-6H,3H2,1-2H3,(H2,11,16)(H,12,15)(H,13,17). The van der Waals surface area contributed by atoms with Crippen LogP contribution in [-0.4, -0.2) is 34.6 Å². The Morgan fingerprint density at radius 3 is 2.59 bits per heavy atom. The molecule has 0 aliphatic heterocycles. The van der Waals surface area contributed by atoms with Crippen molar-refractivity contribution in [3.8, 4) is 0 Å². The Morgan fingerprint density at radius 1 is 1.41 bits per heavy atom. The number of hydrogen-bond donors (Lipinski definition) is 3. The first-order valence-corrected chi connectivity index (χ1v) is 5.22. The molecular formula is C10H15N5O2. The molecule has 2 amide bonds. The Labute approximate surface area is 98.8 Å². The number of nitrogens with one attached hydrogen (secondary N) is 2. The van der Waals surface area contributed by atoms with Gasteiger partial charge in [0.1, 0.15) is 11.9 Å². The van der Waals surface area contributed by atoms with Crippen LogP contribution in [0.3, 0.4) is 0 Å². The van der Waals surface area contributed by atoms with E-state index in [0.717, 1.165) is 6.54 Å². The molecule has 0 spiro atoms. The summed E-state index contributed by atoms with van der Waals surface area (Å²) >= 11 is 0. The normalized spacial score (nSPS) is 11.6. The average Bonchev–Trinajstić information content (AvgIpc) is 2.30. The predicted octanol–water partition coefficient (Wildman–Crippen LogP) is -0.488. The number of aromatic nitrogens is 2. The number of anilines is 1. The van der Waals surface area contributed by atoms with E-state index in [1.165, 1.54) is 13.0 Å². The Morgan fingerprint density at radius 2 is 2.12 bits per heavy atom. The van der Waals surface area contributed by atoms with E-state index in [-0.39, 0.29) is 5.69 Å². The molecule has 1 heterocycles.